The summed E-state index contributed by atoms with van der Waals surface area (Å²) in [6, 6.07) is 8.42. The maximum Gasteiger partial charge on any atom is 0.223 e. The first-order valence-electron chi connectivity index (χ1n) is 12.9. The average molecular weight is 500 g/mol. The molecular weight excluding hydrogens is 466 g/mol. The predicted octanol–water partition coefficient (Wildman–Crippen LogP) is 4.03. The van der Waals surface area contributed by atoms with Crippen LogP contribution in [0.3, 0.4) is 0 Å². The third kappa shape index (κ3) is 5.77. The molecule has 9 nitrogen and oxygen atoms in total. The second-order valence-electron chi connectivity index (χ2n) is 9.80. The van der Waals surface area contributed by atoms with E-state index in [9.17, 15) is 9.90 Å². The topological polar surface area (TPSA) is 111 Å². The number of carbonyl (C=O) groups excluding carboxylic acids is 1. The van der Waals surface area contributed by atoms with Gasteiger partial charge in [0.25, 0.3) is 0 Å². The molecule has 0 spiro atoms. The molecule has 1 fully saturated rings. The van der Waals surface area contributed by atoms with Gasteiger partial charge in [-0.05, 0) is 43.7 Å². The molecule has 37 heavy (non-hydrogen) atoms. The normalized spacial score (nSPS) is 18.5. The molecule has 4 aromatic rings. The van der Waals surface area contributed by atoms with Crippen molar-refractivity contribution in [3.63, 3.8) is 0 Å². The van der Waals surface area contributed by atoms with Gasteiger partial charge in [0.15, 0.2) is 5.82 Å². The van der Waals surface area contributed by atoms with Gasteiger partial charge in [0.2, 0.25) is 5.91 Å². The Balaban J connectivity index is 1.21. The highest BCUT2D eigenvalue weighted by atomic mass is 16.3. The summed E-state index contributed by atoms with van der Waals surface area (Å²) in [6.45, 7) is 2.23. The Bertz CT molecular complexity index is 1340. The van der Waals surface area contributed by atoms with E-state index in [0.29, 0.717) is 18.8 Å². The Morgan fingerprint density at radius 3 is 2.38 bits per heavy atom. The van der Waals surface area contributed by atoms with E-state index >= 15 is 0 Å². The predicted molar refractivity (Wildman–Crippen MR) is 141 cm³/mol. The van der Waals surface area contributed by atoms with Crippen molar-refractivity contribution >= 4 is 5.91 Å². The largest absolute Gasteiger partial charge is 0.391 e. The highest BCUT2D eigenvalue weighted by Crippen LogP contribution is 2.33. The molecular formula is C28H33N7O2. The Morgan fingerprint density at radius 1 is 0.973 bits per heavy atom. The number of aliphatic hydroxyl groups excluding tert-OH is 1. The van der Waals surface area contributed by atoms with E-state index in [4.69, 9.17) is 0 Å². The number of aromatic nitrogens is 6. The number of nitrogens with one attached hydrogen (secondary N) is 1. The number of amides is 1. The summed E-state index contributed by atoms with van der Waals surface area (Å²) in [6.07, 6.45) is 15.0. The van der Waals surface area contributed by atoms with E-state index < -0.39 is 6.10 Å². The number of benzene rings is 1. The summed E-state index contributed by atoms with van der Waals surface area (Å²) in [5.41, 5.74) is 4.97. The van der Waals surface area contributed by atoms with E-state index in [1.165, 1.54) is 0 Å². The van der Waals surface area contributed by atoms with Crippen molar-refractivity contribution in [3.05, 3.63) is 61.4 Å². The molecule has 0 bridgehead atoms. The van der Waals surface area contributed by atoms with Crippen LogP contribution in [-0.4, -0.2) is 53.2 Å². The summed E-state index contributed by atoms with van der Waals surface area (Å²) in [5.74, 6) is 0.730. The fourth-order valence-electron chi connectivity index (χ4n) is 4.83. The van der Waals surface area contributed by atoms with Crippen LogP contribution in [0.5, 0.6) is 0 Å². The van der Waals surface area contributed by atoms with Crippen LogP contribution in [0.2, 0.25) is 0 Å². The minimum Gasteiger partial charge on any atom is -0.391 e. The molecule has 9 heteroatoms. The van der Waals surface area contributed by atoms with Crippen LogP contribution in [-0.2, 0) is 11.8 Å². The summed E-state index contributed by atoms with van der Waals surface area (Å²) >= 11 is 0. The van der Waals surface area contributed by atoms with Crippen molar-refractivity contribution in [1.29, 1.82) is 0 Å². The molecule has 0 aliphatic heterocycles. The Hall–Kier alpha value is -3.85. The maximum atomic E-state index is 12.4. The molecule has 3 heterocycles. The quantitative estimate of drug-likeness (QED) is 0.379. The SMILES string of the molecule is CCC(O)CNC(=O)C1CCC(n2cc(-c3cnc(-c4cccc(-c5cnn(C)c5)c4)nc3)cn2)CC1. The van der Waals surface area contributed by atoms with Gasteiger partial charge in [-0.25, -0.2) is 9.97 Å². The minimum absolute atomic E-state index is 0.00735. The molecule has 192 valence electrons. The van der Waals surface area contributed by atoms with Gasteiger partial charge in [0.05, 0.1) is 24.5 Å². The number of aliphatic hydroxyl groups is 1. The highest BCUT2D eigenvalue weighted by Gasteiger charge is 2.27. The van der Waals surface area contributed by atoms with Crippen molar-refractivity contribution in [3.8, 4) is 33.6 Å². The third-order valence-corrected chi connectivity index (χ3v) is 7.17. The van der Waals surface area contributed by atoms with E-state index in [2.05, 4.69) is 37.6 Å². The molecule has 3 aromatic heterocycles. The van der Waals surface area contributed by atoms with Crippen LogP contribution in [0.1, 0.15) is 45.1 Å². The number of nitrogens with zero attached hydrogens (tertiary/aromatic N) is 6. The standard InChI is InChI=1S/C28H33N7O2/c1-3-26(36)16-31-28(37)19-7-9-25(10-8-19)35-18-24(15-33-35)22-12-29-27(30-13-22)21-6-4-5-20(11-21)23-14-32-34(2)17-23/h4-6,11-15,17-19,25-26,36H,3,7-10,16H2,1-2H3,(H,31,37). The summed E-state index contributed by atoms with van der Waals surface area (Å²) in [4.78, 5) is 21.7. The molecule has 5 rings (SSSR count). The van der Waals surface area contributed by atoms with E-state index in [1.54, 1.807) is 4.68 Å². The molecule has 0 radical (unpaired) electrons. The van der Waals surface area contributed by atoms with Gasteiger partial charge in [-0.15, -0.1) is 0 Å². The summed E-state index contributed by atoms with van der Waals surface area (Å²) in [7, 11) is 1.91. The molecule has 1 aliphatic rings. The lowest BCUT2D eigenvalue weighted by Gasteiger charge is -2.28. The first-order chi connectivity index (χ1) is 18.0. The highest BCUT2D eigenvalue weighted by molar-refractivity contribution is 5.78. The van der Waals surface area contributed by atoms with Gasteiger partial charge in [-0.1, -0.05) is 25.1 Å². The Morgan fingerprint density at radius 2 is 1.68 bits per heavy atom. The van der Waals surface area contributed by atoms with E-state index in [1.807, 2.05) is 68.0 Å². The molecule has 2 N–H and O–H groups in total. The number of aryl methyl sites for hydroxylation is 1. The zero-order valence-electron chi connectivity index (χ0n) is 21.3. The van der Waals surface area contributed by atoms with Gasteiger partial charge in [0, 0.05) is 66.6 Å². The monoisotopic (exact) mass is 499 g/mol. The molecule has 1 amide bonds. The summed E-state index contributed by atoms with van der Waals surface area (Å²) < 4.78 is 3.80. The van der Waals surface area contributed by atoms with Gasteiger partial charge >= 0.3 is 0 Å². The summed E-state index contributed by atoms with van der Waals surface area (Å²) in [5, 5.41) is 21.4. The van der Waals surface area contributed by atoms with Gasteiger partial charge < -0.3 is 10.4 Å². The fraction of sp³-hybridized carbons (Fsp3) is 0.393. The number of hydrogen-bond donors (Lipinski definition) is 2. The van der Waals surface area contributed by atoms with Crippen molar-refractivity contribution in [2.75, 3.05) is 6.54 Å². The number of rotatable bonds is 8. The zero-order chi connectivity index (χ0) is 25.8. The molecule has 1 unspecified atom stereocenters. The van der Waals surface area contributed by atoms with Gasteiger partial charge in [0.1, 0.15) is 0 Å². The van der Waals surface area contributed by atoms with Crippen molar-refractivity contribution in [2.45, 2.75) is 51.2 Å². The van der Waals surface area contributed by atoms with Crippen molar-refractivity contribution in [1.82, 2.24) is 34.8 Å². The second kappa shape index (κ2) is 11.0. The van der Waals surface area contributed by atoms with Crippen molar-refractivity contribution in [2.24, 2.45) is 13.0 Å². The second-order valence-corrected chi connectivity index (χ2v) is 9.80. The molecule has 1 atom stereocenters. The third-order valence-electron chi connectivity index (χ3n) is 7.17. The first kappa shape index (κ1) is 24.8. The van der Waals surface area contributed by atoms with E-state index in [0.717, 1.165) is 53.5 Å². The fourth-order valence-corrected chi connectivity index (χ4v) is 4.83. The lowest BCUT2D eigenvalue weighted by Crippen LogP contribution is -2.37. The smallest absolute Gasteiger partial charge is 0.223 e. The Kier molecular flexibility index (Phi) is 7.41. The van der Waals surface area contributed by atoms with Gasteiger partial charge in [-0.3, -0.25) is 14.2 Å². The lowest BCUT2D eigenvalue weighted by molar-refractivity contribution is -0.126. The Labute approximate surface area is 216 Å². The number of hydrogen-bond acceptors (Lipinski definition) is 6. The van der Waals surface area contributed by atoms with Crippen LogP contribution in [0.15, 0.2) is 61.4 Å². The lowest BCUT2D eigenvalue weighted by atomic mass is 9.85. The average Bonchev–Trinajstić information content (AvgIpc) is 3.61. The van der Waals surface area contributed by atoms with Gasteiger partial charge in [-0.2, -0.15) is 10.2 Å². The van der Waals surface area contributed by atoms with Crippen molar-refractivity contribution < 1.29 is 9.90 Å². The van der Waals surface area contributed by atoms with E-state index in [-0.39, 0.29) is 17.9 Å². The molecule has 1 saturated carbocycles. The van der Waals surface area contributed by atoms with Crippen LogP contribution in [0.25, 0.3) is 33.6 Å². The van der Waals surface area contributed by atoms with Crippen LogP contribution in [0.4, 0.5) is 0 Å². The van der Waals surface area contributed by atoms with Crippen LogP contribution >= 0.6 is 0 Å². The van der Waals surface area contributed by atoms with Crippen LogP contribution < -0.4 is 5.32 Å². The molecule has 0 saturated heterocycles. The van der Waals surface area contributed by atoms with Crippen LogP contribution in [0, 0.1) is 5.92 Å². The first-order valence-corrected chi connectivity index (χ1v) is 12.9. The molecule has 1 aliphatic carbocycles. The number of carbonyl (C=O) groups is 1. The maximum absolute atomic E-state index is 12.4. The zero-order valence-corrected chi connectivity index (χ0v) is 21.3. The molecule has 1 aromatic carbocycles. The minimum atomic E-state index is -0.474.